The molecule has 5 N–H and O–H groups in total. The van der Waals surface area contributed by atoms with Crippen molar-refractivity contribution in [2.45, 2.75) is 6.54 Å². The lowest BCUT2D eigenvalue weighted by Gasteiger charge is -2.14. The molecule has 0 aromatic heterocycles. The standard InChI is InChI=1S/C19H21ClFN3O2S/c1-25-13-5-3-11(18(8-13)26-2)10-24-17(19(23)27)9-16(22)14-7-12(20)4-6-15(14)21/h3-9,24,27H,10,22-23H2,1-2H3/b16-9-,19-17-. The third kappa shape index (κ3) is 5.48. The normalized spacial score (nSPS) is 12.4. The van der Waals surface area contributed by atoms with Gasteiger partial charge in [0.15, 0.2) is 0 Å². The highest BCUT2D eigenvalue weighted by Gasteiger charge is 2.09. The molecule has 0 saturated carbocycles. The maximum atomic E-state index is 14.0. The van der Waals surface area contributed by atoms with Crippen LogP contribution in [0.15, 0.2) is 53.2 Å². The van der Waals surface area contributed by atoms with Gasteiger partial charge in [0.1, 0.15) is 17.3 Å². The molecule has 2 aromatic carbocycles. The summed E-state index contributed by atoms with van der Waals surface area (Å²) in [5, 5.41) is 3.71. The topological polar surface area (TPSA) is 82.5 Å². The number of thiol groups is 1. The number of rotatable bonds is 7. The molecule has 0 saturated heterocycles. The van der Waals surface area contributed by atoms with E-state index in [1.165, 1.54) is 24.3 Å². The highest BCUT2D eigenvalue weighted by Crippen LogP contribution is 2.25. The van der Waals surface area contributed by atoms with Crippen molar-refractivity contribution in [2.75, 3.05) is 14.2 Å². The number of methoxy groups -OCH3 is 2. The lowest BCUT2D eigenvalue weighted by Crippen LogP contribution is -2.17. The lowest BCUT2D eigenvalue weighted by molar-refractivity contribution is 0.390. The molecule has 0 aliphatic rings. The molecule has 0 amide bonds. The largest absolute Gasteiger partial charge is 0.497 e. The molecule has 0 fully saturated rings. The Kier molecular flexibility index (Phi) is 7.27. The highest BCUT2D eigenvalue weighted by atomic mass is 35.5. The quantitative estimate of drug-likeness (QED) is 0.414. The number of benzene rings is 2. The molecule has 2 rings (SSSR count). The van der Waals surface area contributed by atoms with Gasteiger partial charge >= 0.3 is 0 Å². The summed E-state index contributed by atoms with van der Waals surface area (Å²) in [6, 6.07) is 9.60. The molecule has 0 aliphatic heterocycles. The molecular formula is C19H21ClFN3O2S. The fourth-order valence-corrected chi connectivity index (χ4v) is 2.67. The number of ether oxygens (including phenoxy) is 2. The van der Waals surface area contributed by atoms with E-state index in [1.54, 1.807) is 20.3 Å². The summed E-state index contributed by atoms with van der Waals surface area (Å²) in [4.78, 5) is 0. The fourth-order valence-electron chi connectivity index (χ4n) is 2.36. The van der Waals surface area contributed by atoms with Crippen molar-refractivity contribution in [1.82, 2.24) is 5.32 Å². The summed E-state index contributed by atoms with van der Waals surface area (Å²) in [6.45, 7) is 0.381. The molecule has 2 aromatic rings. The predicted molar refractivity (Wildman–Crippen MR) is 110 cm³/mol. The first-order valence-corrected chi connectivity index (χ1v) is 8.74. The molecule has 144 valence electrons. The number of nitrogens with two attached hydrogens (primary N) is 2. The Balaban J connectivity index is 2.25. The first-order valence-electron chi connectivity index (χ1n) is 7.91. The third-order valence-electron chi connectivity index (χ3n) is 3.78. The van der Waals surface area contributed by atoms with E-state index in [2.05, 4.69) is 17.9 Å². The van der Waals surface area contributed by atoms with Crippen molar-refractivity contribution < 1.29 is 13.9 Å². The lowest BCUT2D eigenvalue weighted by atomic mass is 10.1. The molecule has 0 bridgehead atoms. The van der Waals surface area contributed by atoms with Crippen molar-refractivity contribution in [3.05, 3.63) is 75.2 Å². The molecule has 0 unspecified atom stereocenters. The van der Waals surface area contributed by atoms with Crippen LogP contribution in [0.3, 0.4) is 0 Å². The molecule has 5 nitrogen and oxygen atoms in total. The zero-order valence-corrected chi connectivity index (χ0v) is 16.6. The molecule has 0 heterocycles. The van der Waals surface area contributed by atoms with Gasteiger partial charge in [-0.3, -0.25) is 0 Å². The van der Waals surface area contributed by atoms with E-state index in [0.717, 1.165) is 5.56 Å². The van der Waals surface area contributed by atoms with E-state index in [1.807, 2.05) is 12.1 Å². The fraction of sp³-hybridized carbons (Fsp3) is 0.158. The third-order valence-corrected chi connectivity index (χ3v) is 4.25. The number of hydrogen-bond donors (Lipinski definition) is 4. The summed E-state index contributed by atoms with van der Waals surface area (Å²) in [7, 11) is 3.15. The van der Waals surface area contributed by atoms with Gasteiger partial charge < -0.3 is 26.3 Å². The number of nitrogens with one attached hydrogen (secondary N) is 1. The first-order chi connectivity index (χ1) is 12.8. The van der Waals surface area contributed by atoms with Crippen molar-refractivity contribution in [2.24, 2.45) is 11.5 Å². The van der Waals surface area contributed by atoms with Gasteiger partial charge in [-0.15, -0.1) is 12.6 Å². The maximum absolute atomic E-state index is 14.0. The Morgan fingerprint density at radius 2 is 1.93 bits per heavy atom. The summed E-state index contributed by atoms with van der Waals surface area (Å²) < 4.78 is 24.6. The molecule has 0 atom stereocenters. The average molecular weight is 410 g/mol. The van der Waals surface area contributed by atoms with Crippen LogP contribution in [0.5, 0.6) is 11.5 Å². The van der Waals surface area contributed by atoms with Crippen molar-refractivity contribution in [3.63, 3.8) is 0 Å². The second kappa shape index (κ2) is 9.43. The van der Waals surface area contributed by atoms with Crippen molar-refractivity contribution >= 4 is 29.9 Å². The Hall–Kier alpha value is -2.51. The predicted octanol–water partition coefficient (Wildman–Crippen LogP) is 3.64. The van der Waals surface area contributed by atoms with Gasteiger partial charge in [-0.25, -0.2) is 4.39 Å². The minimum absolute atomic E-state index is 0.163. The van der Waals surface area contributed by atoms with E-state index < -0.39 is 5.82 Å². The Morgan fingerprint density at radius 1 is 1.19 bits per heavy atom. The molecular weight excluding hydrogens is 389 g/mol. The van der Waals surface area contributed by atoms with Gasteiger partial charge in [0.25, 0.3) is 0 Å². The van der Waals surface area contributed by atoms with Crippen LogP contribution in [-0.4, -0.2) is 14.2 Å². The molecule has 0 aliphatic carbocycles. The SMILES string of the molecule is COc1ccc(CNC(/C=C(\N)c2cc(Cl)ccc2F)=C(/N)S)c(OC)c1. The van der Waals surface area contributed by atoms with Gasteiger partial charge in [0, 0.05) is 34.5 Å². The first kappa shape index (κ1) is 20.8. The number of halogens is 2. The van der Waals surface area contributed by atoms with Gasteiger partial charge in [0.2, 0.25) is 0 Å². The molecule has 0 radical (unpaired) electrons. The van der Waals surface area contributed by atoms with Crippen LogP contribution in [-0.2, 0) is 6.54 Å². The van der Waals surface area contributed by atoms with Crippen LogP contribution in [0.1, 0.15) is 11.1 Å². The van der Waals surface area contributed by atoms with Crippen molar-refractivity contribution in [3.8, 4) is 11.5 Å². The Labute approximate surface area is 168 Å². The summed E-state index contributed by atoms with van der Waals surface area (Å²) >= 11 is 10.1. The number of allylic oxidation sites excluding steroid dienone is 1. The van der Waals surface area contributed by atoms with Crippen LogP contribution in [0.2, 0.25) is 5.02 Å². The zero-order valence-electron chi connectivity index (χ0n) is 14.9. The molecule has 27 heavy (non-hydrogen) atoms. The monoisotopic (exact) mass is 409 g/mol. The van der Waals surface area contributed by atoms with Gasteiger partial charge in [-0.2, -0.15) is 0 Å². The average Bonchev–Trinajstić information content (AvgIpc) is 2.66. The van der Waals surface area contributed by atoms with Crippen LogP contribution in [0, 0.1) is 5.82 Å². The zero-order chi connectivity index (χ0) is 20.0. The van der Waals surface area contributed by atoms with Crippen LogP contribution in [0.4, 0.5) is 4.39 Å². The molecule has 8 heteroatoms. The molecule has 0 spiro atoms. The van der Waals surface area contributed by atoms with E-state index in [9.17, 15) is 4.39 Å². The summed E-state index contributed by atoms with van der Waals surface area (Å²) in [5.74, 6) is 0.847. The minimum Gasteiger partial charge on any atom is -0.497 e. The number of hydrogen-bond acceptors (Lipinski definition) is 6. The minimum atomic E-state index is -0.484. The second-order valence-electron chi connectivity index (χ2n) is 5.55. The van der Waals surface area contributed by atoms with E-state index in [-0.39, 0.29) is 16.3 Å². The van der Waals surface area contributed by atoms with E-state index >= 15 is 0 Å². The Bertz CT molecular complexity index is 883. The van der Waals surface area contributed by atoms with Crippen LogP contribution in [0.25, 0.3) is 5.70 Å². The Morgan fingerprint density at radius 3 is 2.56 bits per heavy atom. The van der Waals surface area contributed by atoms with Crippen LogP contribution < -0.4 is 26.3 Å². The van der Waals surface area contributed by atoms with Gasteiger partial charge in [-0.05, 0) is 36.4 Å². The van der Waals surface area contributed by atoms with Crippen LogP contribution >= 0.6 is 24.2 Å². The van der Waals surface area contributed by atoms with E-state index in [0.29, 0.717) is 28.8 Å². The summed E-state index contributed by atoms with van der Waals surface area (Å²) in [5.41, 5.74) is 13.5. The van der Waals surface area contributed by atoms with Gasteiger partial charge in [0.05, 0.1) is 24.9 Å². The van der Waals surface area contributed by atoms with Crippen molar-refractivity contribution in [1.29, 1.82) is 0 Å². The van der Waals surface area contributed by atoms with Gasteiger partial charge in [-0.1, -0.05) is 11.6 Å². The van der Waals surface area contributed by atoms with E-state index in [4.69, 9.17) is 32.5 Å². The summed E-state index contributed by atoms with van der Waals surface area (Å²) in [6.07, 6.45) is 1.51. The maximum Gasteiger partial charge on any atom is 0.132 e. The second-order valence-corrected chi connectivity index (χ2v) is 6.47. The smallest absolute Gasteiger partial charge is 0.132 e. The highest BCUT2D eigenvalue weighted by molar-refractivity contribution is 7.84.